The highest BCUT2D eigenvalue weighted by atomic mass is 27.3. The van der Waals surface area contributed by atoms with Crippen LogP contribution in [0.1, 0.15) is 12.0 Å². The van der Waals surface area contributed by atoms with Crippen molar-refractivity contribution in [1.82, 2.24) is 9.97 Å². The van der Waals surface area contributed by atoms with E-state index < -0.39 is 15.1 Å². The molecule has 2 aromatic heterocycles. The second-order valence-corrected chi connectivity index (χ2v) is 9.20. The van der Waals surface area contributed by atoms with Gasteiger partial charge in [-0.15, -0.1) is 0 Å². The number of rotatable bonds is 6. The second-order valence-electron chi connectivity index (χ2n) is 7.92. The molecule has 0 amide bonds. The molecule has 7 heteroatoms. The highest BCUT2D eigenvalue weighted by Gasteiger charge is 2.46. The number of aliphatic imine (C=N–C) groups is 1. The maximum absolute atomic E-state index is 6.44. The molecule has 3 heterocycles. The molecule has 0 saturated carbocycles. The number of hydrogen-bond acceptors (Lipinski definition) is 6. The van der Waals surface area contributed by atoms with E-state index in [0.717, 1.165) is 45.9 Å². The van der Waals surface area contributed by atoms with Gasteiger partial charge in [-0.2, -0.15) is 0 Å². The molecule has 0 atom stereocenters. The number of fused-ring (bicyclic) bond motifs is 3. The van der Waals surface area contributed by atoms with E-state index in [1.807, 2.05) is 79.0 Å². The zero-order chi connectivity index (χ0) is 22.7. The van der Waals surface area contributed by atoms with Crippen molar-refractivity contribution in [1.29, 1.82) is 0 Å². The maximum atomic E-state index is 6.44. The molecule has 0 aliphatic carbocycles. The zero-order valence-corrected chi connectivity index (χ0v) is 19.5. The molecule has 0 saturated heterocycles. The summed E-state index contributed by atoms with van der Waals surface area (Å²) in [6, 6.07) is 25.5. The van der Waals surface area contributed by atoms with Gasteiger partial charge in [0, 0.05) is 29.4 Å². The molecule has 0 radical (unpaired) electrons. The summed E-state index contributed by atoms with van der Waals surface area (Å²) < 4.78 is 19.3. The summed E-state index contributed by atoms with van der Waals surface area (Å²) in [5, 5.41) is 1.97. The lowest BCUT2D eigenvalue weighted by molar-refractivity contribution is 0.310. The standard InChI is InChI=1S/C9H9NO.2C9H7NO.Al/c3*11-8-5-1-3-7-4-2-6-10-9(7)8;/h1,3,5-6,11H,2,4H2;2*1-6,11H;/q;;;+3/p-3. The normalized spacial score (nSPS) is 12.4. The maximum Gasteiger partial charge on any atom is 1.20 e. The lowest BCUT2D eigenvalue weighted by Crippen LogP contribution is -2.37. The summed E-state index contributed by atoms with van der Waals surface area (Å²) in [6.45, 7) is 0. The van der Waals surface area contributed by atoms with Crippen LogP contribution in [0.25, 0.3) is 21.8 Å². The predicted octanol–water partition coefficient (Wildman–Crippen LogP) is 5.95. The number of hydrogen-bond donors (Lipinski definition) is 0. The summed E-state index contributed by atoms with van der Waals surface area (Å²) in [4.78, 5) is 13.6. The lowest BCUT2D eigenvalue weighted by Gasteiger charge is -2.20. The van der Waals surface area contributed by atoms with Gasteiger partial charge in [-0.3, -0.25) is 15.0 Å². The Morgan fingerprint density at radius 1 is 0.618 bits per heavy atom. The lowest BCUT2D eigenvalue weighted by atomic mass is 10.1. The molecular formula is C27H20AlN3O3. The first-order chi connectivity index (χ1) is 16.8. The average Bonchev–Trinajstić information content (AvgIpc) is 2.89. The SMILES string of the molecule is C1=Nc2c(cccc2[O][Al]([O]c2cccc3cccnc23)[O]c2cccc3cccnc23)CC1. The van der Waals surface area contributed by atoms with Gasteiger partial charge in [-0.1, -0.05) is 48.5 Å². The van der Waals surface area contributed by atoms with Crippen LogP contribution >= 0.6 is 0 Å². The molecule has 5 aromatic rings. The van der Waals surface area contributed by atoms with Crippen LogP contribution in [0.3, 0.4) is 0 Å². The molecular weight excluding hydrogens is 441 g/mol. The minimum Gasteiger partial charge on any atom is -0.576 e. The van der Waals surface area contributed by atoms with Crippen molar-refractivity contribution in [2.24, 2.45) is 4.99 Å². The van der Waals surface area contributed by atoms with E-state index in [-0.39, 0.29) is 0 Å². The molecule has 0 N–H and O–H groups in total. The third-order valence-corrected chi connectivity index (χ3v) is 7.05. The van der Waals surface area contributed by atoms with Crippen molar-refractivity contribution in [2.45, 2.75) is 12.8 Å². The van der Waals surface area contributed by atoms with E-state index >= 15 is 0 Å². The first-order valence-corrected chi connectivity index (χ1v) is 12.6. The monoisotopic (exact) mass is 461 g/mol. The number of aromatic nitrogens is 2. The second kappa shape index (κ2) is 9.14. The van der Waals surface area contributed by atoms with E-state index in [1.165, 1.54) is 0 Å². The van der Waals surface area contributed by atoms with E-state index in [9.17, 15) is 0 Å². The smallest absolute Gasteiger partial charge is 0.576 e. The van der Waals surface area contributed by atoms with Crippen molar-refractivity contribution in [3.05, 3.63) is 96.8 Å². The number of pyridine rings is 2. The molecule has 34 heavy (non-hydrogen) atoms. The van der Waals surface area contributed by atoms with Crippen LogP contribution in [0.4, 0.5) is 5.69 Å². The number of nitrogens with zero attached hydrogens (tertiary/aromatic N) is 3. The van der Waals surface area contributed by atoms with Gasteiger partial charge < -0.3 is 11.4 Å². The van der Waals surface area contributed by atoms with Gasteiger partial charge in [-0.25, -0.2) is 0 Å². The van der Waals surface area contributed by atoms with Gasteiger partial charge in [-0.05, 0) is 48.7 Å². The third kappa shape index (κ3) is 4.08. The summed E-state index contributed by atoms with van der Waals surface area (Å²) in [5.41, 5.74) is 3.52. The van der Waals surface area contributed by atoms with Crippen molar-refractivity contribution in [3.8, 4) is 17.2 Å². The molecule has 1 aliphatic rings. The molecule has 3 aromatic carbocycles. The first kappa shape index (κ1) is 20.7. The Morgan fingerprint density at radius 3 is 1.85 bits per heavy atom. The van der Waals surface area contributed by atoms with Crippen molar-refractivity contribution >= 4 is 48.9 Å². The van der Waals surface area contributed by atoms with Gasteiger partial charge in [0.15, 0.2) is 0 Å². The summed E-state index contributed by atoms with van der Waals surface area (Å²) in [7, 11) is 0. The van der Waals surface area contributed by atoms with Gasteiger partial charge >= 0.3 is 15.1 Å². The predicted molar refractivity (Wildman–Crippen MR) is 134 cm³/mol. The zero-order valence-electron chi connectivity index (χ0n) is 18.3. The van der Waals surface area contributed by atoms with Crippen molar-refractivity contribution < 1.29 is 11.4 Å². The first-order valence-electron chi connectivity index (χ1n) is 11.2. The molecule has 6 nitrogen and oxygen atoms in total. The summed E-state index contributed by atoms with van der Waals surface area (Å²) in [6.07, 6.45) is 7.30. The van der Waals surface area contributed by atoms with E-state index in [4.69, 9.17) is 11.4 Å². The van der Waals surface area contributed by atoms with Crippen molar-refractivity contribution in [2.75, 3.05) is 0 Å². The highest BCUT2D eigenvalue weighted by Crippen LogP contribution is 2.35. The van der Waals surface area contributed by atoms with Crippen LogP contribution in [-0.2, 0) is 6.42 Å². The van der Waals surface area contributed by atoms with Gasteiger partial charge in [0.05, 0.1) is 0 Å². The van der Waals surface area contributed by atoms with Crippen LogP contribution in [0.2, 0.25) is 0 Å². The molecule has 164 valence electrons. The Hall–Kier alpha value is -3.92. The van der Waals surface area contributed by atoms with Crippen LogP contribution in [0, 0.1) is 0 Å². The quantitative estimate of drug-likeness (QED) is 0.292. The van der Waals surface area contributed by atoms with E-state index in [2.05, 4.69) is 21.0 Å². The average molecular weight is 461 g/mol. The van der Waals surface area contributed by atoms with Gasteiger partial charge in [0.2, 0.25) is 0 Å². The molecule has 1 aliphatic heterocycles. The minimum absolute atomic E-state index is 0.622. The van der Waals surface area contributed by atoms with Crippen LogP contribution in [-0.4, -0.2) is 31.3 Å². The van der Waals surface area contributed by atoms with Crippen LogP contribution < -0.4 is 11.4 Å². The van der Waals surface area contributed by atoms with Crippen LogP contribution in [0.5, 0.6) is 17.2 Å². The molecule has 0 fully saturated rings. The summed E-state index contributed by atoms with van der Waals surface area (Å²) in [5.74, 6) is 1.90. The number of benzene rings is 3. The Kier molecular flexibility index (Phi) is 5.56. The van der Waals surface area contributed by atoms with E-state index in [0.29, 0.717) is 17.2 Å². The van der Waals surface area contributed by atoms with Gasteiger partial charge in [0.25, 0.3) is 0 Å². The molecule has 0 unspecified atom stereocenters. The molecule has 0 spiro atoms. The number of para-hydroxylation sites is 3. The Balaban J connectivity index is 1.40. The Bertz CT molecular complexity index is 1430. The fourth-order valence-corrected chi connectivity index (χ4v) is 5.45. The highest BCUT2D eigenvalue weighted by molar-refractivity contribution is 6.40. The fourth-order valence-electron chi connectivity index (χ4n) is 4.11. The van der Waals surface area contributed by atoms with Gasteiger partial charge in [0.1, 0.15) is 34.0 Å². The topological polar surface area (TPSA) is 65.8 Å². The molecule has 6 rings (SSSR count). The third-order valence-electron chi connectivity index (χ3n) is 5.71. The van der Waals surface area contributed by atoms with E-state index in [1.54, 1.807) is 12.4 Å². The van der Waals surface area contributed by atoms with Crippen LogP contribution in [0.15, 0.2) is 96.2 Å². The fraction of sp³-hybridized carbons (Fsp3) is 0.0741. The van der Waals surface area contributed by atoms with Crippen molar-refractivity contribution in [3.63, 3.8) is 0 Å². The Morgan fingerprint density at radius 2 is 1.18 bits per heavy atom. The number of aryl methyl sites for hydroxylation is 1. The Labute approximate surface area is 201 Å². The molecule has 0 bridgehead atoms. The summed E-state index contributed by atoms with van der Waals surface area (Å²) >= 11 is -2.83. The largest absolute Gasteiger partial charge is 1.20 e. The minimum atomic E-state index is -2.83.